The molecule has 1 amide bonds. The molecule has 0 aliphatic rings. The van der Waals surface area contributed by atoms with Crippen LogP contribution in [-0.4, -0.2) is 32.2 Å². The van der Waals surface area contributed by atoms with Crippen molar-refractivity contribution >= 4 is 35.1 Å². The van der Waals surface area contributed by atoms with Gasteiger partial charge < -0.3 is 19.5 Å². The topological polar surface area (TPSA) is 73.9 Å². The molecule has 0 spiro atoms. The molecule has 0 aliphatic carbocycles. The molecule has 0 radical (unpaired) electrons. The molecule has 0 aromatic heterocycles. The van der Waals surface area contributed by atoms with Gasteiger partial charge in [-0.3, -0.25) is 4.79 Å². The number of hydrogen-bond donors (Lipinski definition) is 1. The highest BCUT2D eigenvalue weighted by Crippen LogP contribution is 2.34. The van der Waals surface area contributed by atoms with Crippen molar-refractivity contribution < 1.29 is 23.8 Å². The molecule has 1 N–H and O–H groups in total. The van der Waals surface area contributed by atoms with Crippen LogP contribution in [0.2, 0.25) is 10.0 Å². The molecule has 0 saturated heterocycles. The second-order valence-electron chi connectivity index (χ2n) is 6.84. The third-order valence-electron chi connectivity index (χ3n) is 4.32. The molecule has 2 aromatic rings. The van der Waals surface area contributed by atoms with E-state index in [4.69, 9.17) is 37.4 Å². The maximum Gasteiger partial charge on any atom is 0.338 e. The van der Waals surface area contributed by atoms with E-state index in [-0.39, 0.29) is 52.4 Å². The van der Waals surface area contributed by atoms with Gasteiger partial charge in [0.2, 0.25) is 0 Å². The number of halogens is 2. The number of nitrogens with one attached hydrogen (secondary N) is 1. The Hall–Kier alpha value is -2.44. The molecular weight excluding hydrogens is 429 g/mol. The van der Waals surface area contributed by atoms with Gasteiger partial charge in [0, 0.05) is 0 Å². The van der Waals surface area contributed by atoms with Crippen molar-refractivity contribution in [1.82, 2.24) is 5.32 Å². The Morgan fingerprint density at radius 2 is 1.67 bits per heavy atom. The quantitative estimate of drug-likeness (QED) is 0.536. The molecule has 1 atom stereocenters. The summed E-state index contributed by atoms with van der Waals surface area (Å²) in [6.07, 6.45) is 0. The maximum atomic E-state index is 12.5. The second-order valence-corrected chi connectivity index (χ2v) is 7.65. The van der Waals surface area contributed by atoms with Crippen LogP contribution < -0.4 is 14.8 Å². The monoisotopic (exact) mass is 453 g/mol. The van der Waals surface area contributed by atoms with E-state index in [1.54, 1.807) is 14.0 Å². The Morgan fingerprint density at radius 1 is 1.07 bits per heavy atom. The summed E-state index contributed by atoms with van der Waals surface area (Å²) in [6.45, 7) is 5.68. The zero-order valence-electron chi connectivity index (χ0n) is 17.3. The van der Waals surface area contributed by atoms with Crippen molar-refractivity contribution in [3.8, 4) is 11.5 Å². The van der Waals surface area contributed by atoms with Gasteiger partial charge in [-0.25, -0.2) is 4.79 Å². The van der Waals surface area contributed by atoms with Crippen LogP contribution in [0.4, 0.5) is 0 Å². The van der Waals surface area contributed by atoms with Crippen LogP contribution in [0.3, 0.4) is 0 Å². The standard InChI is InChI=1S/C22H25Cl2NO5/c1-5-29-22(27)15-10-17(23)21(18(24)11-15)30-12-19(26)25-20(13(2)3)14-6-8-16(28-4)9-7-14/h6-11,13,20H,5,12H2,1-4H3,(H,25,26)/t20-/m0/s1. The molecule has 0 unspecified atom stereocenters. The normalized spacial score (nSPS) is 11.7. The zero-order valence-corrected chi connectivity index (χ0v) is 18.8. The Balaban J connectivity index is 2.05. The van der Waals surface area contributed by atoms with Crippen LogP contribution in [0.15, 0.2) is 36.4 Å². The molecular formula is C22H25Cl2NO5. The summed E-state index contributed by atoms with van der Waals surface area (Å²) in [4.78, 5) is 24.3. The lowest BCUT2D eigenvalue weighted by atomic mass is 9.96. The zero-order chi connectivity index (χ0) is 22.3. The van der Waals surface area contributed by atoms with Crippen molar-refractivity contribution in [3.63, 3.8) is 0 Å². The van der Waals surface area contributed by atoms with Crippen molar-refractivity contribution in [2.24, 2.45) is 5.92 Å². The van der Waals surface area contributed by atoms with Gasteiger partial charge in [-0.1, -0.05) is 49.2 Å². The fourth-order valence-electron chi connectivity index (χ4n) is 2.83. The number of amides is 1. The van der Waals surface area contributed by atoms with Crippen molar-refractivity contribution in [1.29, 1.82) is 0 Å². The Labute approximate surface area is 186 Å². The van der Waals surface area contributed by atoms with Gasteiger partial charge in [0.1, 0.15) is 5.75 Å². The first-order valence-corrected chi connectivity index (χ1v) is 10.2. The van der Waals surface area contributed by atoms with Crippen LogP contribution >= 0.6 is 23.2 Å². The van der Waals surface area contributed by atoms with Gasteiger partial charge in [-0.05, 0) is 42.7 Å². The lowest BCUT2D eigenvalue weighted by molar-refractivity contribution is -0.124. The SMILES string of the molecule is CCOC(=O)c1cc(Cl)c(OCC(=O)N[C@H](c2ccc(OC)cc2)C(C)C)c(Cl)c1. The number of benzene rings is 2. The minimum atomic E-state index is -0.537. The number of esters is 1. The summed E-state index contributed by atoms with van der Waals surface area (Å²) in [6, 6.07) is 10.1. The lowest BCUT2D eigenvalue weighted by Gasteiger charge is -2.23. The average molecular weight is 454 g/mol. The van der Waals surface area contributed by atoms with Gasteiger partial charge in [-0.15, -0.1) is 0 Å². The fourth-order valence-corrected chi connectivity index (χ4v) is 3.43. The second kappa shape index (κ2) is 11.1. The summed E-state index contributed by atoms with van der Waals surface area (Å²) in [5.74, 6) is 0.160. The third kappa shape index (κ3) is 6.28. The van der Waals surface area contributed by atoms with E-state index >= 15 is 0 Å². The molecule has 8 heteroatoms. The average Bonchev–Trinajstić information content (AvgIpc) is 2.71. The number of carbonyl (C=O) groups is 2. The maximum absolute atomic E-state index is 12.5. The number of ether oxygens (including phenoxy) is 3. The minimum absolute atomic E-state index is 0.119. The highest BCUT2D eigenvalue weighted by molar-refractivity contribution is 6.37. The summed E-state index contributed by atoms with van der Waals surface area (Å²) in [5, 5.41) is 3.20. The molecule has 0 aliphatic heterocycles. The highest BCUT2D eigenvalue weighted by atomic mass is 35.5. The number of carbonyl (C=O) groups excluding carboxylic acids is 2. The highest BCUT2D eigenvalue weighted by Gasteiger charge is 2.20. The van der Waals surface area contributed by atoms with Crippen molar-refractivity contribution in [2.75, 3.05) is 20.3 Å². The smallest absolute Gasteiger partial charge is 0.338 e. The lowest BCUT2D eigenvalue weighted by Crippen LogP contribution is -2.35. The Kier molecular flexibility index (Phi) is 8.81. The van der Waals surface area contributed by atoms with Crippen molar-refractivity contribution in [3.05, 3.63) is 57.6 Å². The predicted molar refractivity (Wildman–Crippen MR) is 117 cm³/mol. The first kappa shape index (κ1) is 23.8. The van der Waals surface area contributed by atoms with E-state index < -0.39 is 5.97 Å². The van der Waals surface area contributed by atoms with Crippen molar-refractivity contribution in [2.45, 2.75) is 26.8 Å². The van der Waals surface area contributed by atoms with E-state index in [0.717, 1.165) is 11.3 Å². The minimum Gasteiger partial charge on any atom is -0.497 e. The van der Waals surface area contributed by atoms with E-state index in [0.29, 0.717) is 0 Å². The van der Waals surface area contributed by atoms with Crippen LogP contribution in [0, 0.1) is 5.92 Å². The van der Waals surface area contributed by atoms with Crippen LogP contribution in [0.1, 0.15) is 42.7 Å². The first-order valence-electron chi connectivity index (χ1n) is 9.49. The number of methoxy groups -OCH3 is 1. The van der Waals surface area contributed by atoms with Gasteiger partial charge in [0.05, 0.1) is 35.4 Å². The molecule has 2 aromatic carbocycles. The first-order chi connectivity index (χ1) is 14.3. The number of hydrogen-bond acceptors (Lipinski definition) is 5. The molecule has 6 nitrogen and oxygen atoms in total. The molecule has 0 saturated carbocycles. The summed E-state index contributed by atoms with van der Waals surface area (Å²) in [5.41, 5.74) is 1.16. The van der Waals surface area contributed by atoms with E-state index in [2.05, 4.69) is 5.32 Å². The van der Waals surface area contributed by atoms with Crippen LogP contribution in [-0.2, 0) is 9.53 Å². The van der Waals surface area contributed by atoms with Crippen LogP contribution in [0.5, 0.6) is 11.5 Å². The predicted octanol–water partition coefficient (Wildman–Crippen LogP) is 5.07. The number of rotatable bonds is 9. The van der Waals surface area contributed by atoms with Gasteiger partial charge in [0.25, 0.3) is 5.91 Å². The third-order valence-corrected chi connectivity index (χ3v) is 4.88. The van der Waals surface area contributed by atoms with E-state index in [1.165, 1.54) is 12.1 Å². The molecule has 2 rings (SSSR count). The largest absolute Gasteiger partial charge is 0.497 e. The van der Waals surface area contributed by atoms with E-state index in [9.17, 15) is 9.59 Å². The fraction of sp³-hybridized carbons (Fsp3) is 0.364. The molecule has 0 bridgehead atoms. The summed E-state index contributed by atoms with van der Waals surface area (Å²) < 4.78 is 15.6. The van der Waals surface area contributed by atoms with E-state index in [1.807, 2.05) is 38.1 Å². The Bertz CT molecular complexity index is 861. The summed E-state index contributed by atoms with van der Waals surface area (Å²) >= 11 is 12.4. The molecule has 162 valence electrons. The molecule has 0 heterocycles. The summed E-state index contributed by atoms with van der Waals surface area (Å²) in [7, 11) is 1.60. The van der Waals surface area contributed by atoms with Crippen LogP contribution in [0.25, 0.3) is 0 Å². The molecule has 0 fully saturated rings. The van der Waals surface area contributed by atoms with Gasteiger partial charge in [0.15, 0.2) is 12.4 Å². The Morgan fingerprint density at radius 3 is 2.17 bits per heavy atom. The van der Waals surface area contributed by atoms with Gasteiger partial charge in [-0.2, -0.15) is 0 Å². The molecule has 30 heavy (non-hydrogen) atoms. The van der Waals surface area contributed by atoms with Gasteiger partial charge >= 0.3 is 5.97 Å².